The topological polar surface area (TPSA) is 43.1 Å². The van der Waals surface area contributed by atoms with Crippen molar-refractivity contribution in [1.82, 2.24) is 0 Å². The third kappa shape index (κ3) is 9.64. The predicted octanol–water partition coefficient (Wildman–Crippen LogP) is 4.17. The second-order valence-electron chi connectivity index (χ2n) is 6.30. The van der Waals surface area contributed by atoms with Gasteiger partial charge >= 0.3 is 0 Å². The molecule has 0 aromatic carbocycles. The molecule has 108 valence electrons. The van der Waals surface area contributed by atoms with Gasteiger partial charge < -0.3 is 10.5 Å². The van der Waals surface area contributed by atoms with Crippen LogP contribution >= 0.6 is 0 Å². The smallest absolute Gasteiger partial charge is 0.123 e. The van der Waals surface area contributed by atoms with Crippen molar-refractivity contribution in [2.24, 2.45) is 23.5 Å². The zero-order valence-corrected chi connectivity index (χ0v) is 12.8. The van der Waals surface area contributed by atoms with E-state index >= 15 is 0 Å². The van der Waals surface area contributed by atoms with Crippen LogP contribution in [0.25, 0.3) is 0 Å². The van der Waals surface area contributed by atoms with Crippen LogP contribution < -0.4 is 5.73 Å². The van der Waals surface area contributed by atoms with Gasteiger partial charge in [-0.3, -0.25) is 0 Å². The van der Waals surface area contributed by atoms with Gasteiger partial charge in [0.05, 0.1) is 0 Å². The molecular formula is C16H33NO. The largest absolute Gasteiger partial charge is 0.328 e. The van der Waals surface area contributed by atoms with Gasteiger partial charge in [-0.05, 0) is 31.6 Å². The van der Waals surface area contributed by atoms with Crippen molar-refractivity contribution < 1.29 is 4.79 Å². The van der Waals surface area contributed by atoms with E-state index < -0.39 is 0 Å². The number of nitrogens with two attached hydrogens (primary N) is 1. The highest BCUT2D eigenvalue weighted by Gasteiger charge is 2.13. The van der Waals surface area contributed by atoms with Crippen LogP contribution in [0.4, 0.5) is 0 Å². The van der Waals surface area contributed by atoms with Gasteiger partial charge in [-0.25, -0.2) is 0 Å². The lowest BCUT2D eigenvalue weighted by Crippen LogP contribution is -2.17. The zero-order valence-electron chi connectivity index (χ0n) is 12.8. The third-order valence-electron chi connectivity index (χ3n) is 4.02. The molecule has 0 amide bonds. The van der Waals surface area contributed by atoms with E-state index in [2.05, 4.69) is 6.92 Å². The van der Waals surface area contributed by atoms with E-state index in [-0.39, 0.29) is 5.92 Å². The Hall–Kier alpha value is -0.370. The van der Waals surface area contributed by atoms with Gasteiger partial charge in [0, 0.05) is 12.0 Å². The molecule has 0 aliphatic heterocycles. The second-order valence-corrected chi connectivity index (χ2v) is 6.30. The Morgan fingerprint density at radius 1 is 1.11 bits per heavy atom. The quantitative estimate of drug-likeness (QED) is 0.749. The average Bonchev–Trinajstić information content (AvgIpc) is 2.37. The van der Waals surface area contributed by atoms with Gasteiger partial charge in [-0.15, -0.1) is 0 Å². The van der Waals surface area contributed by atoms with Crippen molar-refractivity contribution in [1.29, 1.82) is 0 Å². The van der Waals surface area contributed by atoms with Crippen LogP contribution in [0, 0.1) is 17.8 Å². The van der Waals surface area contributed by atoms with Crippen LogP contribution in [0.3, 0.4) is 0 Å². The monoisotopic (exact) mass is 255 g/mol. The summed E-state index contributed by atoms with van der Waals surface area (Å²) < 4.78 is 0. The summed E-state index contributed by atoms with van der Waals surface area (Å²) in [6, 6.07) is 0.414. The maximum atomic E-state index is 9.95. The number of carbonyl (C=O) groups is 1. The fourth-order valence-corrected chi connectivity index (χ4v) is 2.13. The molecule has 2 heteroatoms. The summed E-state index contributed by atoms with van der Waals surface area (Å²) in [7, 11) is 0. The molecule has 0 saturated heterocycles. The minimum atomic E-state index is 0.222. The first kappa shape index (κ1) is 17.6. The molecule has 0 spiro atoms. The highest BCUT2D eigenvalue weighted by molar-refractivity contribution is 5.52. The minimum absolute atomic E-state index is 0.222. The van der Waals surface area contributed by atoms with E-state index in [9.17, 15) is 4.79 Å². The summed E-state index contributed by atoms with van der Waals surface area (Å²) in [5.41, 5.74) is 5.71. The van der Waals surface area contributed by atoms with Crippen LogP contribution in [0.5, 0.6) is 0 Å². The average molecular weight is 255 g/mol. The van der Waals surface area contributed by atoms with E-state index in [0.717, 1.165) is 12.2 Å². The molecule has 1 rings (SSSR count). The van der Waals surface area contributed by atoms with Gasteiger partial charge in [-0.1, -0.05) is 52.9 Å². The van der Waals surface area contributed by atoms with Gasteiger partial charge in [-0.2, -0.15) is 0 Å². The SMILES string of the molecule is CC(C)C(C)C=O.CC(N)CCC1CCCCC1. The molecule has 18 heavy (non-hydrogen) atoms. The number of hydrogen-bond acceptors (Lipinski definition) is 2. The molecule has 2 atom stereocenters. The molecule has 2 nitrogen and oxygen atoms in total. The molecule has 2 N–H and O–H groups in total. The first-order chi connectivity index (χ1) is 8.47. The summed E-state index contributed by atoms with van der Waals surface area (Å²) in [6.07, 6.45) is 10.9. The number of rotatable bonds is 5. The van der Waals surface area contributed by atoms with Crippen molar-refractivity contribution in [3.05, 3.63) is 0 Å². The van der Waals surface area contributed by atoms with E-state index in [0.29, 0.717) is 12.0 Å². The molecule has 2 unspecified atom stereocenters. The first-order valence-corrected chi connectivity index (χ1v) is 7.68. The van der Waals surface area contributed by atoms with Crippen molar-refractivity contribution in [2.75, 3.05) is 0 Å². The molecule has 0 heterocycles. The zero-order chi connectivity index (χ0) is 14.0. The number of aldehydes is 1. The molecule has 1 aliphatic rings. The molecule has 1 saturated carbocycles. The first-order valence-electron chi connectivity index (χ1n) is 7.68. The van der Waals surface area contributed by atoms with Gasteiger partial charge in [0.15, 0.2) is 0 Å². The molecule has 1 fully saturated rings. The number of carbonyl (C=O) groups excluding carboxylic acids is 1. The lowest BCUT2D eigenvalue weighted by molar-refractivity contribution is -0.111. The van der Waals surface area contributed by atoms with Gasteiger partial charge in [0.25, 0.3) is 0 Å². The van der Waals surface area contributed by atoms with Crippen molar-refractivity contribution in [3.8, 4) is 0 Å². The molecule has 1 aliphatic carbocycles. The lowest BCUT2D eigenvalue weighted by Gasteiger charge is -2.21. The maximum Gasteiger partial charge on any atom is 0.123 e. The summed E-state index contributed by atoms with van der Waals surface area (Å²) in [4.78, 5) is 9.95. The van der Waals surface area contributed by atoms with E-state index in [4.69, 9.17) is 5.73 Å². The van der Waals surface area contributed by atoms with Crippen molar-refractivity contribution in [2.45, 2.75) is 78.7 Å². The standard InChI is InChI=1S/C10H21N.C6H12O/c1-9(11)7-8-10-5-3-2-4-6-10;1-5(2)6(3)4-7/h9-10H,2-8,11H2,1H3;4-6H,1-3H3. The van der Waals surface area contributed by atoms with Gasteiger partial charge in [0.1, 0.15) is 6.29 Å². The Morgan fingerprint density at radius 2 is 1.67 bits per heavy atom. The van der Waals surface area contributed by atoms with Crippen molar-refractivity contribution in [3.63, 3.8) is 0 Å². The van der Waals surface area contributed by atoms with Crippen LogP contribution in [0.15, 0.2) is 0 Å². The molecule has 0 aromatic rings. The highest BCUT2D eigenvalue weighted by atomic mass is 16.1. The Bertz CT molecular complexity index is 195. The fourth-order valence-electron chi connectivity index (χ4n) is 2.13. The van der Waals surface area contributed by atoms with E-state index in [1.165, 1.54) is 44.9 Å². The second kappa shape index (κ2) is 10.5. The van der Waals surface area contributed by atoms with Crippen LogP contribution in [0.1, 0.15) is 72.6 Å². The molecule has 0 aromatic heterocycles. The Morgan fingerprint density at radius 3 is 2.00 bits per heavy atom. The van der Waals surface area contributed by atoms with Crippen LogP contribution in [-0.4, -0.2) is 12.3 Å². The molecule has 0 radical (unpaired) electrons. The Balaban J connectivity index is 0.000000360. The third-order valence-corrected chi connectivity index (χ3v) is 4.02. The van der Waals surface area contributed by atoms with Crippen LogP contribution in [0.2, 0.25) is 0 Å². The predicted molar refractivity (Wildman–Crippen MR) is 79.5 cm³/mol. The Kier molecular flexibility index (Phi) is 10.3. The molecular weight excluding hydrogens is 222 g/mol. The number of hydrogen-bond donors (Lipinski definition) is 1. The lowest BCUT2D eigenvalue weighted by atomic mass is 9.85. The van der Waals surface area contributed by atoms with Gasteiger partial charge in [0.2, 0.25) is 0 Å². The maximum absolute atomic E-state index is 9.95. The highest BCUT2D eigenvalue weighted by Crippen LogP contribution is 2.27. The Labute approximate surface area is 114 Å². The normalized spacial score (nSPS) is 19.9. The van der Waals surface area contributed by atoms with E-state index in [1.807, 2.05) is 20.8 Å². The molecule has 0 bridgehead atoms. The summed E-state index contributed by atoms with van der Waals surface area (Å²) in [5.74, 6) is 1.73. The van der Waals surface area contributed by atoms with E-state index in [1.54, 1.807) is 0 Å². The summed E-state index contributed by atoms with van der Waals surface area (Å²) >= 11 is 0. The minimum Gasteiger partial charge on any atom is -0.328 e. The summed E-state index contributed by atoms with van der Waals surface area (Å²) in [5, 5.41) is 0. The van der Waals surface area contributed by atoms with Crippen molar-refractivity contribution >= 4 is 6.29 Å². The summed E-state index contributed by atoms with van der Waals surface area (Å²) in [6.45, 7) is 8.12. The van der Waals surface area contributed by atoms with Crippen LogP contribution in [-0.2, 0) is 4.79 Å². The fraction of sp³-hybridized carbons (Fsp3) is 0.938.